The van der Waals surface area contributed by atoms with Crippen molar-refractivity contribution in [1.29, 1.82) is 0 Å². The highest BCUT2D eigenvalue weighted by molar-refractivity contribution is 7.17. The van der Waals surface area contributed by atoms with Crippen molar-refractivity contribution in [1.82, 2.24) is 9.88 Å². The van der Waals surface area contributed by atoms with Crippen LogP contribution in [0.1, 0.15) is 22.3 Å². The number of aliphatic hydroxyl groups excluding tert-OH is 1. The smallest absolute Gasteiger partial charge is 0.350 e. The summed E-state index contributed by atoms with van der Waals surface area (Å²) in [6.07, 6.45) is 0. The molecule has 0 radical (unpaired) electrons. The van der Waals surface area contributed by atoms with Crippen LogP contribution in [0.2, 0.25) is 0 Å². The van der Waals surface area contributed by atoms with E-state index in [1.807, 2.05) is 0 Å². The number of non-ortho nitro benzene ring substituents is 1. The maximum Gasteiger partial charge on any atom is 0.350 e. The molecule has 0 spiro atoms. The molecule has 0 unspecified atom stereocenters. The number of anilines is 1. The summed E-state index contributed by atoms with van der Waals surface area (Å²) in [6, 6.07) is 3.89. The average Bonchev–Trinajstić information content (AvgIpc) is 3.34. The molecule has 0 saturated heterocycles. The Labute approximate surface area is 198 Å². The normalized spacial score (nSPS) is 13.3. The molecule has 12 nitrogen and oxygen atoms in total. The molecule has 2 heterocycles. The van der Waals surface area contributed by atoms with Gasteiger partial charge in [0.05, 0.1) is 43.1 Å². The molecule has 1 aliphatic rings. The number of nitro benzene ring substituents is 1. The number of methoxy groups -OCH3 is 1. The minimum absolute atomic E-state index is 0.00615. The Balaban J connectivity index is 2.10. The summed E-state index contributed by atoms with van der Waals surface area (Å²) < 4.78 is 9.82. The second-order valence-electron chi connectivity index (χ2n) is 7.06. The van der Waals surface area contributed by atoms with Crippen LogP contribution in [-0.4, -0.2) is 71.2 Å². The van der Waals surface area contributed by atoms with Crippen LogP contribution in [0, 0.1) is 17.0 Å². The van der Waals surface area contributed by atoms with Gasteiger partial charge in [-0.3, -0.25) is 14.9 Å². The van der Waals surface area contributed by atoms with Crippen molar-refractivity contribution in [3.05, 3.63) is 50.2 Å². The van der Waals surface area contributed by atoms with Crippen LogP contribution in [0.15, 0.2) is 29.5 Å². The highest BCUT2D eigenvalue weighted by Gasteiger charge is 2.35. The first-order valence-electron chi connectivity index (χ1n) is 10.1. The van der Waals surface area contributed by atoms with Gasteiger partial charge in [0.15, 0.2) is 0 Å². The summed E-state index contributed by atoms with van der Waals surface area (Å²) in [7, 11) is 1.18. The van der Waals surface area contributed by atoms with Crippen LogP contribution >= 0.6 is 11.3 Å². The quantitative estimate of drug-likeness (QED) is 0.301. The van der Waals surface area contributed by atoms with Gasteiger partial charge < -0.3 is 24.8 Å². The van der Waals surface area contributed by atoms with Gasteiger partial charge in [0.1, 0.15) is 15.6 Å². The van der Waals surface area contributed by atoms with Crippen LogP contribution in [-0.2, 0) is 19.1 Å². The molecule has 0 atom stereocenters. The van der Waals surface area contributed by atoms with E-state index in [0.717, 1.165) is 11.3 Å². The van der Waals surface area contributed by atoms with E-state index >= 15 is 0 Å². The van der Waals surface area contributed by atoms with Gasteiger partial charge in [-0.2, -0.15) is 0 Å². The van der Waals surface area contributed by atoms with Gasteiger partial charge in [-0.15, -0.1) is 11.3 Å². The molecule has 0 saturated carbocycles. The van der Waals surface area contributed by atoms with E-state index in [1.165, 1.54) is 30.2 Å². The summed E-state index contributed by atoms with van der Waals surface area (Å²) in [5, 5.41) is 23.8. The summed E-state index contributed by atoms with van der Waals surface area (Å²) in [5.41, 5.74) is 0.639. The van der Waals surface area contributed by atoms with Crippen LogP contribution in [0.5, 0.6) is 0 Å². The zero-order chi connectivity index (χ0) is 25.0. The molecule has 13 heteroatoms. The monoisotopic (exact) mass is 490 g/mol. The van der Waals surface area contributed by atoms with E-state index in [9.17, 15) is 29.6 Å². The zero-order valence-electron chi connectivity index (χ0n) is 18.6. The topological polar surface area (TPSA) is 161 Å². The van der Waals surface area contributed by atoms with Crippen LogP contribution in [0.3, 0.4) is 0 Å². The Morgan fingerprint density at radius 2 is 2.09 bits per heavy atom. The Hall–Kier alpha value is -3.84. The number of aryl methyl sites for hydroxylation is 1. The maximum atomic E-state index is 12.9. The van der Waals surface area contributed by atoms with Crippen molar-refractivity contribution in [2.45, 2.75) is 13.8 Å². The number of amides is 1. The molecule has 0 fully saturated rings. The number of benzene rings is 1. The molecule has 0 aliphatic carbocycles. The number of aliphatic hydroxyl groups is 1. The molecule has 2 N–H and O–H groups in total. The van der Waals surface area contributed by atoms with Gasteiger partial charge >= 0.3 is 11.9 Å². The van der Waals surface area contributed by atoms with Gasteiger partial charge in [-0.25, -0.2) is 14.6 Å². The minimum atomic E-state index is -0.727. The fourth-order valence-corrected chi connectivity index (χ4v) is 4.30. The molecule has 3 rings (SSSR count). The lowest BCUT2D eigenvalue weighted by molar-refractivity contribution is -0.384. The first-order valence-corrected chi connectivity index (χ1v) is 10.9. The van der Waals surface area contributed by atoms with Crippen LogP contribution in [0.25, 0.3) is 10.6 Å². The van der Waals surface area contributed by atoms with Gasteiger partial charge in [0, 0.05) is 29.9 Å². The number of carbonyl (C=O) groups is 3. The molecule has 0 bridgehead atoms. The zero-order valence-corrected chi connectivity index (χ0v) is 19.4. The van der Waals surface area contributed by atoms with E-state index in [-0.39, 0.29) is 64.4 Å². The maximum absolute atomic E-state index is 12.9. The lowest BCUT2D eigenvalue weighted by Crippen LogP contribution is -2.31. The second-order valence-corrected chi connectivity index (χ2v) is 8.06. The van der Waals surface area contributed by atoms with Gasteiger partial charge in [-0.1, -0.05) is 0 Å². The number of nitrogens with zero attached hydrogens (tertiary/aromatic N) is 3. The molecule has 34 heavy (non-hydrogen) atoms. The predicted octanol–water partition coefficient (Wildman–Crippen LogP) is 1.88. The Kier molecular flexibility index (Phi) is 7.58. The summed E-state index contributed by atoms with van der Waals surface area (Å²) in [6.45, 7) is 3.09. The molecular weight excluding hydrogens is 468 g/mol. The minimum Gasteiger partial charge on any atom is -0.466 e. The van der Waals surface area contributed by atoms with Gasteiger partial charge in [0.25, 0.3) is 11.6 Å². The summed E-state index contributed by atoms with van der Waals surface area (Å²) in [5.74, 6) is -1.83. The molecular formula is C21H22N4O8S. The highest BCUT2D eigenvalue weighted by Crippen LogP contribution is 2.37. The van der Waals surface area contributed by atoms with E-state index in [2.05, 4.69) is 10.3 Å². The number of nitrogens with one attached hydrogen (secondary N) is 1. The number of ether oxygens (including phenoxy) is 2. The first kappa shape index (κ1) is 24.8. The lowest BCUT2D eigenvalue weighted by atomic mass is 10.1. The Morgan fingerprint density at radius 1 is 1.35 bits per heavy atom. The van der Waals surface area contributed by atoms with E-state index in [0.29, 0.717) is 5.69 Å². The molecule has 1 aromatic carbocycles. The number of hydrogen-bond acceptors (Lipinski definition) is 11. The Bertz CT molecular complexity index is 1190. The van der Waals surface area contributed by atoms with E-state index in [1.54, 1.807) is 13.8 Å². The van der Waals surface area contributed by atoms with Crippen LogP contribution in [0.4, 0.5) is 11.4 Å². The number of aromatic nitrogens is 1. The van der Waals surface area contributed by atoms with Crippen molar-refractivity contribution in [3.63, 3.8) is 0 Å². The number of nitro groups is 1. The molecule has 2 aromatic rings. The van der Waals surface area contributed by atoms with Crippen molar-refractivity contribution in [3.8, 4) is 10.6 Å². The molecule has 1 aliphatic heterocycles. The van der Waals surface area contributed by atoms with Crippen molar-refractivity contribution in [2.24, 2.45) is 0 Å². The number of thiazole rings is 1. The molecule has 1 amide bonds. The third kappa shape index (κ3) is 4.89. The summed E-state index contributed by atoms with van der Waals surface area (Å²) in [4.78, 5) is 54.1. The number of carbonyl (C=O) groups excluding carboxylic acids is 3. The first-order chi connectivity index (χ1) is 16.2. The van der Waals surface area contributed by atoms with Crippen molar-refractivity contribution >= 4 is 40.6 Å². The van der Waals surface area contributed by atoms with Gasteiger partial charge in [0.2, 0.25) is 0 Å². The lowest BCUT2D eigenvalue weighted by Gasteiger charge is -2.15. The largest absolute Gasteiger partial charge is 0.466 e. The fourth-order valence-electron chi connectivity index (χ4n) is 3.31. The van der Waals surface area contributed by atoms with E-state index in [4.69, 9.17) is 9.47 Å². The van der Waals surface area contributed by atoms with Gasteiger partial charge in [-0.05, 0) is 19.9 Å². The number of rotatable bonds is 9. The second kappa shape index (κ2) is 10.4. The van der Waals surface area contributed by atoms with Crippen molar-refractivity contribution < 1.29 is 33.9 Å². The summed E-state index contributed by atoms with van der Waals surface area (Å²) >= 11 is 0.990. The SMILES string of the molecule is CCOC(=O)c1sc(-c2cc([N+](=O)[O-])ccc2NC2=C(C(=O)OC)CN(CCO)C2=O)nc1C. The predicted molar refractivity (Wildman–Crippen MR) is 121 cm³/mol. The Morgan fingerprint density at radius 3 is 2.71 bits per heavy atom. The molecule has 1 aromatic heterocycles. The number of esters is 2. The number of β-amino-alcohol motifs (C(OH)–C–C–N with tert-alkyl or cyclic N) is 1. The van der Waals surface area contributed by atoms with Crippen LogP contribution < -0.4 is 5.32 Å². The molecule has 180 valence electrons. The highest BCUT2D eigenvalue weighted by atomic mass is 32.1. The number of hydrogen-bond donors (Lipinski definition) is 2. The third-order valence-electron chi connectivity index (χ3n) is 4.92. The van der Waals surface area contributed by atoms with Crippen molar-refractivity contribution in [2.75, 3.05) is 38.7 Å². The van der Waals surface area contributed by atoms with E-state index < -0.39 is 22.8 Å². The fraction of sp³-hybridized carbons (Fsp3) is 0.333. The third-order valence-corrected chi connectivity index (χ3v) is 6.09. The standard InChI is InChI=1S/C21H22N4O8S/c1-4-33-21(29)17-11(2)22-18(34-17)13-9-12(25(30)31)5-6-15(13)23-16-14(20(28)32-3)10-24(7-8-26)19(16)27/h5-6,9,23,26H,4,7-8,10H2,1-3H3. The average molecular weight is 490 g/mol.